The number of carbonyl (C=O) groups excluding carboxylic acids is 2. The van der Waals surface area contributed by atoms with Crippen LogP contribution < -0.4 is 10.5 Å². The summed E-state index contributed by atoms with van der Waals surface area (Å²) < 4.78 is 5.50. The van der Waals surface area contributed by atoms with E-state index in [-0.39, 0.29) is 18.3 Å². The quantitative estimate of drug-likeness (QED) is 0.833. The first-order valence-corrected chi connectivity index (χ1v) is 7.32. The fraction of sp³-hybridized carbons (Fsp3) is 0.500. The van der Waals surface area contributed by atoms with Crippen LogP contribution in [0, 0.1) is 5.92 Å². The Bertz CT molecular complexity index is 508. The lowest BCUT2D eigenvalue weighted by atomic mass is 9.97. The van der Waals surface area contributed by atoms with Crippen molar-refractivity contribution in [1.82, 2.24) is 4.90 Å². The van der Waals surface area contributed by atoms with Gasteiger partial charge in [-0.1, -0.05) is 12.1 Å². The van der Waals surface area contributed by atoms with Crippen molar-refractivity contribution in [3.8, 4) is 5.75 Å². The Morgan fingerprint density at radius 3 is 2.67 bits per heavy atom. The molecule has 1 saturated heterocycles. The summed E-state index contributed by atoms with van der Waals surface area (Å²) >= 11 is 0. The average molecular weight is 290 g/mol. The molecule has 0 bridgehead atoms. The lowest BCUT2D eigenvalue weighted by Gasteiger charge is -2.31. The number of hydrogen-bond donors (Lipinski definition) is 1. The Morgan fingerprint density at radius 2 is 2.05 bits per heavy atom. The maximum absolute atomic E-state index is 12.1. The zero-order valence-corrected chi connectivity index (χ0v) is 12.4. The zero-order valence-electron chi connectivity index (χ0n) is 12.4. The Balaban J connectivity index is 1.84. The van der Waals surface area contributed by atoms with Gasteiger partial charge in [-0.05, 0) is 44.4 Å². The summed E-state index contributed by atoms with van der Waals surface area (Å²) in [7, 11) is 0. The molecule has 0 unspecified atom stereocenters. The van der Waals surface area contributed by atoms with Gasteiger partial charge in [-0.15, -0.1) is 0 Å². The largest absolute Gasteiger partial charge is 0.484 e. The number of carbonyl (C=O) groups is 2. The van der Waals surface area contributed by atoms with Gasteiger partial charge in [-0.2, -0.15) is 0 Å². The number of nitrogens with zero attached hydrogens (tertiary/aromatic N) is 1. The molecule has 114 valence electrons. The molecular formula is C16H22N2O3. The van der Waals surface area contributed by atoms with Crippen molar-refractivity contribution in [3.05, 3.63) is 29.8 Å². The van der Waals surface area contributed by atoms with Gasteiger partial charge in [0.1, 0.15) is 5.75 Å². The highest BCUT2D eigenvalue weighted by atomic mass is 16.5. The number of likely N-dealkylation sites (tertiary alicyclic amines) is 1. The van der Waals surface area contributed by atoms with E-state index >= 15 is 0 Å². The second-order valence-electron chi connectivity index (χ2n) is 5.43. The molecule has 1 aliphatic heterocycles. The number of hydrogen-bond acceptors (Lipinski definition) is 4. The zero-order chi connectivity index (χ0) is 15.2. The van der Waals surface area contributed by atoms with Crippen molar-refractivity contribution >= 4 is 11.7 Å². The molecule has 1 fully saturated rings. The molecule has 0 saturated carbocycles. The molecule has 2 N–H and O–H groups in total. The molecule has 5 nitrogen and oxygen atoms in total. The third kappa shape index (κ3) is 4.29. The van der Waals surface area contributed by atoms with Crippen molar-refractivity contribution < 1.29 is 14.3 Å². The van der Waals surface area contributed by atoms with E-state index in [4.69, 9.17) is 10.5 Å². The number of Topliss-reactive ketones (excluding diaryl/α,β-unsaturated/α-hetero) is 1. The van der Waals surface area contributed by atoms with E-state index in [0.717, 1.165) is 25.9 Å². The molecular weight excluding hydrogens is 268 g/mol. The van der Waals surface area contributed by atoms with Crippen LogP contribution in [0.3, 0.4) is 0 Å². The van der Waals surface area contributed by atoms with Crippen LogP contribution in [0.4, 0.5) is 0 Å². The van der Waals surface area contributed by atoms with E-state index in [1.807, 2.05) is 4.90 Å². The van der Waals surface area contributed by atoms with Crippen LogP contribution in [0.1, 0.15) is 30.1 Å². The number of benzene rings is 1. The van der Waals surface area contributed by atoms with Crippen molar-refractivity contribution in [2.45, 2.75) is 19.8 Å². The minimum Gasteiger partial charge on any atom is -0.484 e. The highest BCUT2D eigenvalue weighted by Crippen LogP contribution is 2.17. The summed E-state index contributed by atoms with van der Waals surface area (Å²) in [6.07, 6.45) is 1.92. The van der Waals surface area contributed by atoms with Gasteiger partial charge in [0.05, 0.1) is 0 Å². The van der Waals surface area contributed by atoms with Crippen LogP contribution in [-0.2, 0) is 4.79 Å². The van der Waals surface area contributed by atoms with Gasteiger partial charge in [-0.3, -0.25) is 9.59 Å². The molecule has 1 aliphatic rings. The molecule has 1 amide bonds. The Hall–Kier alpha value is -1.88. The van der Waals surface area contributed by atoms with Crippen LogP contribution >= 0.6 is 0 Å². The standard InChI is InChI=1S/C16H22N2O3/c1-12(19)14-3-2-4-15(9-14)21-11-16(20)18-7-5-13(10-17)6-8-18/h2-4,9,13H,5-8,10-11,17H2,1H3. The smallest absolute Gasteiger partial charge is 0.260 e. The third-order valence-corrected chi connectivity index (χ3v) is 3.90. The fourth-order valence-electron chi connectivity index (χ4n) is 2.46. The van der Waals surface area contributed by atoms with Crippen LogP contribution in [0.5, 0.6) is 5.75 Å². The summed E-state index contributed by atoms with van der Waals surface area (Å²) in [5.41, 5.74) is 6.23. The first kappa shape index (κ1) is 15.5. The van der Waals surface area contributed by atoms with Crippen molar-refractivity contribution in [2.75, 3.05) is 26.2 Å². The van der Waals surface area contributed by atoms with Crippen LogP contribution in [-0.4, -0.2) is 42.8 Å². The molecule has 1 heterocycles. The SMILES string of the molecule is CC(=O)c1cccc(OCC(=O)N2CCC(CN)CC2)c1. The normalized spacial score (nSPS) is 15.8. The van der Waals surface area contributed by atoms with Crippen LogP contribution in [0.15, 0.2) is 24.3 Å². The number of nitrogens with two attached hydrogens (primary N) is 1. The number of ether oxygens (including phenoxy) is 1. The van der Waals surface area contributed by atoms with Gasteiger partial charge >= 0.3 is 0 Å². The summed E-state index contributed by atoms with van der Waals surface area (Å²) in [4.78, 5) is 25.2. The molecule has 0 aliphatic carbocycles. The van der Waals surface area contributed by atoms with Gasteiger partial charge < -0.3 is 15.4 Å². The molecule has 1 aromatic rings. The predicted molar refractivity (Wildman–Crippen MR) is 80.3 cm³/mol. The van der Waals surface area contributed by atoms with E-state index in [0.29, 0.717) is 23.8 Å². The fourth-order valence-corrected chi connectivity index (χ4v) is 2.46. The maximum atomic E-state index is 12.1. The van der Waals surface area contributed by atoms with Crippen molar-refractivity contribution in [1.29, 1.82) is 0 Å². The lowest BCUT2D eigenvalue weighted by Crippen LogP contribution is -2.42. The molecule has 21 heavy (non-hydrogen) atoms. The molecule has 1 aromatic carbocycles. The summed E-state index contributed by atoms with van der Waals surface area (Å²) in [5.74, 6) is 1.05. The third-order valence-electron chi connectivity index (χ3n) is 3.90. The molecule has 0 atom stereocenters. The summed E-state index contributed by atoms with van der Waals surface area (Å²) in [6, 6.07) is 6.90. The first-order valence-electron chi connectivity index (χ1n) is 7.32. The van der Waals surface area contributed by atoms with E-state index in [9.17, 15) is 9.59 Å². The summed E-state index contributed by atoms with van der Waals surface area (Å²) in [5, 5.41) is 0. The number of rotatable bonds is 5. The monoisotopic (exact) mass is 290 g/mol. The van der Waals surface area contributed by atoms with E-state index in [1.54, 1.807) is 24.3 Å². The van der Waals surface area contributed by atoms with Gasteiger partial charge in [0, 0.05) is 18.7 Å². The first-order chi connectivity index (χ1) is 10.1. The van der Waals surface area contributed by atoms with Gasteiger partial charge in [0.15, 0.2) is 12.4 Å². The number of ketones is 1. The minimum atomic E-state index is -0.0179. The van der Waals surface area contributed by atoms with E-state index in [1.165, 1.54) is 6.92 Å². The number of piperidine rings is 1. The second-order valence-corrected chi connectivity index (χ2v) is 5.43. The Morgan fingerprint density at radius 1 is 1.33 bits per heavy atom. The highest BCUT2D eigenvalue weighted by Gasteiger charge is 2.22. The highest BCUT2D eigenvalue weighted by molar-refractivity contribution is 5.94. The molecule has 0 radical (unpaired) electrons. The van der Waals surface area contributed by atoms with Gasteiger partial charge in [0.2, 0.25) is 0 Å². The topological polar surface area (TPSA) is 72.6 Å². The Kier molecular flexibility index (Phi) is 5.33. The van der Waals surface area contributed by atoms with E-state index < -0.39 is 0 Å². The molecule has 0 spiro atoms. The number of amides is 1. The van der Waals surface area contributed by atoms with Gasteiger partial charge in [0.25, 0.3) is 5.91 Å². The second kappa shape index (κ2) is 7.22. The summed E-state index contributed by atoms with van der Waals surface area (Å²) in [6.45, 7) is 3.70. The maximum Gasteiger partial charge on any atom is 0.260 e. The van der Waals surface area contributed by atoms with Crippen molar-refractivity contribution in [3.63, 3.8) is 0 Å². The van der Waals surface area contributed by atoms with Gasteiger partial charge in [-0.25, -0.2) is 0 Å². The van der Waals surface area contributed by atoms with E-state index in [2.05, 4.69) is 0 Å². The average Bonchev–Trinajstić information content (AvgIpc) is 2.53. The Labute approximate surface area is 125 Å². The molecule has 2 rings (SSSR count). The molecule has 0 aromatic heterocycles. The minimum absolute atomic E-state index is 0.00858. The van der Waals surface area contributed by atoms with Crippen LogP contribution in [0.25, 0.3) is 0 Å². The van der Waals surface area contributed by atoms with Crippen molar-refractivity contribution in [2.24, 2.45) is 11.7 Å². The molecule has 5 heteroatoms. The predicted octanol–water partition coefficient (Wildman–Crippen LogP) is 1.47. The van der Waals surface area contributed by atoms with Crippen LogP contribution in [0.2, 0.25) is 0 Å². The lowest BCUT2D eigenvalue weighted by molar-refractivity contribution is -0.134.